The highest BCUT2D eigenvalue weighted by Crippen LogP contribution is 2.21. The van der Waals surface area contributed by atoms with Crippen LogP contribution in [0.25, 0.3) is 10.8 Å². The number of carbonyl (C=O) groups excluding carboxylic acids is 2. The van der Waals surface area contributed by atoms with Gasteiger partial charge in [0.15, 0.2) is 0 Å². The lowest BCUT2D eigenvalue weighted by molar-refractivity contribution is 0.0635. The molecule has 29 heavy (non-hydrogen) atoms. The van der Waals surface area contributed by atoms with E-state index in [1.54, 1.807) is 45.0 Å². The van der Waals surface area contributed by atoms with E-state index in [-0.39, 0.29) is 11.9 Å². The van der Waals surface area contributed by atoms with Crippen LogP contribution < -0.4 is 10.6 Å². The molecule has 150 valence electrons. The quantitative estimate of drug-likeness (QED) is 0.602. The highest BCUT2D eigenvalue weighted by molar-refractivity contribution is 5.95. The van der Waals surface area contributed by atoms with E-state index in [4.69, 9.17) is 4.74 Å². The molecule has 0 saturated carbocycles. The molecule has 0 aliphatic rings. The molecule has 0 heterocycles. The maximum Gasteiger partial charge on any atom is 0.412 e. The molecule has 0 aliphatic heterocycles. The van der Waals surface area contributed by atoms with E-state index in [0.29, 0.717) is 11.3 Å². The number of amides is 2. The van der Waals surface area contributed by atoms with Crippen LogP contribution in [0.1, 0.15) is 49.7 Å². The number of hydrogen-bond acceptors (Lipinski definition) is 3. The summed E-state index contributed by atoms with van der Waals surface area (Å²) in [5.41, 5.74) is 1.56. The molecule has 0 bridgehead atoms. The van der Waals surface area contributed by atoms with Crippen LogP contribution in [0.3, 0.4) is 0 Å². The van der Waals surface area contributed by atoms with Gasteiger partial charge >= 0.3 is 6.09 Å². The summed E-state index contributed by atoms with van der Waals surface area (Å²) in [5, 5.41) is 7.98. The molecule has 3 aromatic rings. The van der Waals surface area contributed by atoms with Crippen molar-refractivity contribution in [3.8, 4) is 0 Å². The highest BCUT2D eigenvalue weighted by atomic mass is 16.6. The van der Waals surface area contributed by atoms with E-state index in [0.717, 1.165) is 10.9 Å². The zero-order valence-electron chi connectivity index (χ0n) is 17.2. The Morgan fingerprint density at radius 1 is 0.897 bits per heavy atom. The van der Waals surface area contributed by atoms with Crippen molar-refractivity contribution >= 4 is 28.5 Å². The van der Waals surface area contributed by atoms with Gasteiger partial charge in [0, 0.05) is 11.3 Å². The van der Waals surface area contributed by atoms with Crippen LogP contribution in [0, 0.1) is 0 Å². The third-order valence-corrected chi connectivity index (χ3v) is 4.41. The lowest BCUT2D eigenvalue weighted by atomic mass is 10.0. The summed E-state index contributed by atoms with van der Waals surface area (Å²) < 4.78 is 5.22. The van der Waals surface area contributed by atoms with Crippen LogP contribution in [-0.2, 0) is 4.74 Å². The van der Waals surface area contributed by atoms with Gasteiger partial charge < -0.3 is 10.1 Å². The molecule has 0 radical (unpaired) electrons. The average Bonchev–Trinajstić information content (AvgIpc) is 2.66. The minimum absolute atomic E-state index is 0.133. The molecule has 3 aromatic carbocycles. The van der Waals surface area contributed by atoms with Crippen LogP contribution >= 0.6 is 0 Å². The number of fused-ring (bicyclic) bond motifs is 1. The number of anilines is 1. The van der Waals surface area contributed by atoms with Crippen LogP contribution in [-0.4, -0.2) is 17.6 Å². The topological polar surface area (TPSA) is 67.4 Å². The van der Waals surface area contributed by atoms with Crippen molar-refractivity contribution in [2.24, 2.45) is 0 Å². The second kappa shape index (κ2) is 8.35. The summed E-state index contributed by atoms with van der Waals surface area (Å²) in [6.07, 6.45) is -0.528. The molecular formula is C24H26N2O3. The van der Waals surface area contributed by atoms with Crippen LogP contribution in [0.2, 0.25) is 0 Å². The first-order valence-electron chi connectivity index (χ1n) is 9.61. The van der Waals surface area contributed by atoms with Gasteiger partial charge in [0.05, 0.1) is 6.04 Å². The summed E-state index contributed by atoms with van der Waals surface area (Å²) in [7, 11) is 0. The summed E-state index contributed by atoms with van der Waals surface area (Å²) >= 11 is 0. The van der Waals surface area contributed by atoms with E-state index < -0.39 is 11.7 Å². The first kappa shape index (κ1) is 20.4. The predicted molar refractivity (Wildman–Crippen MR) is 116 cm³/mol. The molecule has 0 fully saturated rings. The number of hydrogen-bond donors (Lipinski definition) is 2. The van der Waals surface area contributed by atoms with Gasteiger partial charge in [-0.25, -0.2) is 4.79 Å². The molecular weight excluding hydrogens is 364 g/mol. The molecule has 0 aliphatic carbocycles. The van der Waals surface area contributed by atoms with Gasteiger partial charge in [0.2, 0.25) is 0 Å². The number of ether oxygens (including phenoxy) is 1. The Morgan fingerprint density at radius 2 is 1.55 bits per heavy atom. The van der Waals surface area contributed by atoms with Gasteiger partial charge in [0.25, 0.3) is 5.91 Å². The number of nitrogens with one attached hydrogen (secondary N) is 2. The SMILES string of the molecule is C[C@@H](NC(=O)c1ccc(NC(=O)OC(C)(C)C)cc1)c1ccc2ccccc2c1. The molecule has 2 amide bonds. The molecule has 3 rings (SSSR count). The van der Waals surface area contributed by atoms with Crippen LogP contribution in [0.15, 0.2) is 66.7 Å². The maximum absolute atomic E-state index is 12.6. The largest absolute Gasteiger partial charge is 0.444 e. The normalized spacial score (nSPS) is 12.3. The van der Waals surface area contributed by atoms with Gasteiger partial charge in [-0.05, 0) is 74.4 Å². The van der Waals surface area contributed by atoms with Gasteiger partial charge in [-0.2, -0.15) is 0 Å². The van der Waals surface area contributed by atoms with Crippen LogP contribution in [0.5, 0.6) is 0 Å². The van der Waals surface area contributed by atoms with Gasteiger partial charge in [-0.3, -0.25) is 10.1 Å². The van der Waals surface area contributed by atoms with E-state index in [1.165, 1.54) is 5.39 Å². The number of rotatable bonds is 4. The molecule has 1 atom stereocenters. The van der Waals surface area contributed by atoms with Gasteiger partial charge in [-0.15, -0.1) is 0 Å². The van der Waals surface area contributed by atoms with Gasteiger partial charge in [0.1, 0.15) is 5.60 Å². The summed E-state index contributed by atoms with van der Waals surface area (Å²) in [4.78, 5) is 24.4. The second-order valence-corrected chi connectivity index (χ2v) is 8.01. The third kappa shape index (κ3) is 5.57. The van der Waals surface area contributed by atoms with Crippen molar-refractivity contribution < 1.29 is 14.3 Å². The number of benzene rings is 3. The Balaban J connectivity index is 1.63. The monoisotopic (exact) mass is 390 g/mol. The van der Waals surface area contributed by atoms with Crippen molar-refractivity contribution in [2.75, 3.05) is 5.32 Å². The van der Waals surface area contributed by atoms with E-state index >= 15 is 0 Å². The Hall–Kier alpha value is -3.34. The van der Waals surface area contributed by atoms with E-state index in [9.17, 15) is 9.59 Å². The first-order chi connectivity index (χ1) is 13.7. The lowest BCUT2D eigenvalue weighted by Crippen LogP contribution is -2.27. The fraction of sp³-hybridized carbons (Fsp3) is 0.250. The minimum atomic E-state index is -0.567. The Bertz CT molecular complexity index is 1020. The maximum atomic E-state index is 12.6. The molecule has 0 spiro atoms. The molecule has 0 aromatic heterocycles. The van der Waals surface area contributed by atoms with Crippen molar-refractivity contribution in [3.63, 3.8) is 0 Å². The zero-order valence-corrected chi connectivity index (χ0v) is 17.2. The summed E-state index contributed by atoms with van der Waals surface area (Å²) in [6.45, 7) is 7.37. The Morgan fingerprint density at radius 3 is 2.21 bits per heavy atom. The average molecular weight is 390 g/mol. The van der Waals surface area contributed by atoms with Crippen LogP contribution in [0.4, 0.5) is 10.5 Å². The van der Waals surface area contributed by atoms with E-state index in [2.05, 4.69) is 34.9 Å². The molecule has 5 nitrogen and oxygen atoms in total. The third-order valence-electron chi connectivity index (χ3n) is 4.41. The van der Waals surface area contributed by atoms with Gasteiger partial charge in [-0.1, -0.05) is 36.4 Å². The standard InChI is InChI=1S/C24H26N2O3/c1-16(19-10-9-17-7-5-6-8-20(17)15-19)25-22(27)18-11-13-21(14-12-18)26-23(28)29-24(2,3)4/h5-16H,1-4H3,(H,25,27)(H,26,28)/t16-/m1/s1. The minimum Gasteiger partial charge on any atom is -0.444 e. The van der Waals surface area contributed by atoms with Crippen molar-refractivity contribution in [2.45, 2.75) is 39.3 Å². The Kier molecular flexibility index (Phi) is 5.87. The summed E-state index contributed by atoms with van der Waals surface area (Å²) in [5.74, 6) is -0.172. The number of carbonyl (C=O) groups is 2. The first-order valence-corrected chi connectivity index (χ1v) is 9.61. The molecule has 0 saturated heterocycles. The van der Waals surface area contributed by atoms with Crippen molar-refractivity contribution in [3.05, 3.63) is 77.9 Å². The zero-order chi connectivity index (χ0) is 21.0. The fourth-order valence-corrected chi connectivity index (χ4v) is 2.97. The molecule has 0 unspecified atom stereocenters. The molecule has 2 N–H and O–H groups in total. The molecule has 5 heteroatoms. The van der Waals surface area contributed by atoms with E-state index in [1.807, 2.05) is 25.1 Å². The van der Waals surface area contributed by atoms with Crippen molar-refractivity contribution in [1.29, 1.82) is 0 Å². The Labute approximate surface area is 171 Å². The predicted octanol–water partition coefficient (Wildman–Crippen LogP) is 5.68. The van der Waals surface area contributed by atoms with Crippen molar-refractivity contribution in [1.82, 2.24) is 5.32 Å². The highest BCUT2D eigenvalue weighted by Gasteiger charge is 2.16. The second-order valence-electron chi connectivity index (χ2n) is 8.01. The lowest BCUT2D eigenvalue weighted by Gasteiger charge is -2.19. The smallest absolute Gasteiger partial charge is 0.412 e. The fourth-order valence-electron chi connectivity index (χ4n) is 2.97. The summed E-state index contributed by atoms with van der Waals surface area (Å²) in [6, 6.07) is 20.9.